The minimum Gasteiger partial charge on any atom is -0.404 e. The van der Waals surface area contributed by atoms with Gasteiger partial charge in [-0.3, -0.25) is 14.6 Å². The number of nitrogens with one attached hydrogen (secondary N) is 1. The lowest BCUT2D eigenvalue weighted by molar-refractivity contribution is -0.105. The van der Waals surface area contributed by atoms with Crippen molar-refractivity contribution in [2.75, 3.05) is 18.0 Å². The van der Waals surface area contributed by atoms with Gasteiger partial charge in [0.2, 0.25) is 0 Å². The first-order valence-corrected chi connectivity index (χ1v) is 9.44. The number of aliphatic hydroxyl groups excluding tert-OH is 1. The zero-order valence-corrected chi connectivity index (χ0v) is 16.0. The third kappa shape index (κ3) is 5.30. The molecule has 0 aliphatic carbocycles. The standard InChI is InChI=1S/C22H24N4O3/c23-14-18(16-5-9-24-10-6-16)13-19(15-27)25-22(29)17-1-3-20(4-2-17)26-11-7-21(28)8-12-26/h1-6,9-10,13-15,21,28H,7-8,11-12,23H2,(H,25,29)/b18-14+,19-13+. The van der Waals surface area contributed by atoms with E-state index < -0.39 is 0 Å². The molecule has 2 heterocycles. The van der Waals surface area contributed by atoms with E-state index in [1.165, 1.54) is 12.3 Å². The fraction of sp³-hybridized carbons (Fsp3) is 0.227. The molecule has 1 fully saturated rings. The van der Waals surface area contributed by atoms with Crippen LogP contribution in [0.3, 0.4) is 0 Å². The second kappa shape index (κ2) is 9.66. The van der Waals surface area contributed by atoms with Gasteiger partial charge in [-0.2, -0.15) is 0 Å². The minimum atomic E-state index is -0.380. The van der Waals surface area contributed by atoms with Gasteiger partial charge in [-0.15, -0.1) is 0 Å². The van der Waals surface area contributed by atoms with Gasteiger partial charge in [-0.25, -0.2) is 0 Å². The number of amides is 1. The monoisotopic (exact) mass is 392 g/mol. The second-order valence-electron chi connectivity index (χ2n) is 6.79. The molecule has 7 nitrogen and oxygen atoms in total. The van der Waals surface area contributed by atoms with Gasteiger partial charge in [-0.05, 0) is 66.5 Å². The number of carbonyl (C=O) groups is 2. The van der Waals surface area contributed by atoms with Crippen LogP contribution in [0.4, 0.5) is 5.69 Å². The van der Waals surface area contributed by atoms with Crippen LogP contribution in [-0.2, 0) is 4.79 Å². The number of aromatic nitrogens is 1. The number of rotatable bonds is 6. The highest BCUT2D eigenvalue weighted by atomic mass is 16.3. The Kier molecular flexibility index (Phi) is 6.76. The number of anilines is 1. The molecule has 3 rings (SSSR count). The van der Waals surface area contributed by atoms with E-state index in [4.69, 9.17) is 5.73 Å². The molecule has 0 unspecified atom stereocenters. The molecule has 0 spiro atoms. The summed E-state index contributed by atoms with van der Waals surface area (Å²) in [6, 6.07) is 10.7. The minimum absolute atomic E-state index is 0.109. The van der Waals surface area contributed by atoms with E-state index in [9.17, 15) is 14.7 Å². The number of pyridine rings is 1. The van der Waals surface area contributed by atoms with Crippen LogP contribution in [0.5, 0.6) is 0 Å². The van der Waals surface area contributed by atoms with Gasteiger partial charge in [0.25, 0.3) is 5.91 Å². The zero-order chi connectivity index (χ0) is 20.6. The van der Waals surface area contributed by atoms with Crippen molar-refractivity contribution in [3.63, 3.8) is 0 Å². The van der Waals surface area contributed by atoms with Crippen LogP contribution < -0.4 is 16.0 Å². The van der Waals surface area contributed by atoms with Crippen LogP contribution in [0, 0.1) is 0 Å². The first-order valence-electron chi connectivity index (χ1n) is 9.44. The molecule has 1 aromatic carbocycles. The van der Waals surface area contributed by atoms with Crippen molar-refractivity contribution in [1.29, 1.82) is 0 Å². The number of allylic oxidation sites excluding steroid dienone is 3. The predicted molar refractivity (Wildman–Crippen MR) is 112 cm³/mol. The second-order valence-corrected chi connectivity index (χ2v) is 6.79. The number of hydrogen-bond donors (Lipinski definition) is 3. The topological polar surface area (TPSA) is 109 Å². The van der Waals surface area contributed by atoms with Crippen molar-refractivity contribution in [3.05, 3.63) is 77.9 Å². The molecule has 1 amide bonds. The number of hydrogen-bond acceptors (Lipinski definition) is 6. The van der Waals surface area contributed by atoms with Crippen LogP contribution >= 0.6 is 0 Å². The summed E-state index contributed by atoms with van der Waals surface area (Å²) in [6.45, 7) is 1.57. The van der Waals surface area contributed by atoms with Crippen molar-refractivity contribution < 1.29 is 14.7 Å². The van der Waals surface area contributed by atoms with Gasteiger partial charge in [0, 0.05) is 42.9 Å². The van der Waals surface area contributed by atoms with E-state index in [1.54, 1.807) is 36.7 Å². The quantitative estimate of drug-likeness (QED) is 0.393. The molecule has 150 valence electrons. The molecule has 1 aliphatic heterocycles. The number of aliphatic hydroxyl groups is 1. The largest absolute Gasteiger partial charge is 0.404 e. The van der Waals surface area contributed by atoms with E-state index in [0.717, 1.165) is 37.2 Å². The van der Waals surface area contributed by atoms with Crippen LogP contribution in [0.15, 0.2) is 66.8 Å². The predicted octanol–water partition coefficient (Wildman–Crippen LogP) is 1.86. The Morgan fingerprint density at radius 3 is 2.34 bits per heavy atom. The van der Waals surface area contributed by atoms with E-state index in [1.807, 2.05) is 12.1 Å². The third-order valence-corrected chi connectivity index (χ3v) is 4.85. The van der Waals surface area contributed by atoms with Crippen LogP contribution in [-0.4, -0.2) is 41.5 Å². The average molecular weight is 392 g/mol. The van der Waals surface area contributed by atoms with E-state index >= 15 is 0 Å². The average Bonchev–Trinajstić information content (AvgIpc) is 2.77. The number of piperidine rings is 1. The molecule has 7 heteroatoms. The van der Waals surface area contributed by atoms with Crippen LogP contribution in [0.2, 0.25) is 0 Å². The summed E-state index contributed by atoms with van der Waals surface area (Å²) >= 11 is 0. The Hall–Kier alpha value is -3.45. The van der Waals surface area contributed by atoms with Crippen LogP contribution in [0.1, 0.15) is 28.8 Å². The Balaban J connectivity index is 1.68. The Bertz CT molecular complexity index is 899. The lowest BCUT2D eigenvalue weighted by Gasteiger charge is -2.31. The first kappa shape index (κ1) is 20.3. The van der Waals surface area contributed by atoms with Crippen molar-refractivity contribution in [2.45, 2.75) is 18.9 Å². The van der Waals surface area contributed by atoms with E-state index in [2.05, 4.69) is 15.2 Å². The molecule has 1 aliphatic rings. The maximum atomic E-state index is 12.5. The highest BCUT2D eigenvalue weighted by molar-refractivity contribution is 5.99. The molecule has 1 aromatic heterocycles. The van der Waals surface area contributed by atoms with Gasteiger partial charge in [-0.1, -0.05) is 0 Å². The molecule has 2 aromatic rings. The van der Waals surface area contributed by atoms with Gasteiger partial charge < -0.3 is 21.1 Å². The van der Waals surface area contributed by atoms with Gasteiger partial charge in [0.1, 0.15) is 0 Å². The molecule has 0 saturated carbocycles. The summed E-state index contributed by atoms with van der Waals surface area (Å²) in [5, 5.41) is 12.2. The van der Waals surface area contributed by atoms with Crippen molar-refractivity contribution >= 4 is 23.5 Å². The fourth-order valence-electron chi connectivity index (χ4n) is 3.19. The molecule has 1 saturated heterocycles. The fourth-order valence-corrected chi connectivity index (χ4v) is 3.19. The molecule has 29 heavy (non-hydrogen) atoms. The first-order chi connectivity index (χ1) is 14.1. The maximum Gasteiger partial charge on any atom is 0.255 e. The van der Waals surface area contributed by atoms with E-state index in [-0.39, 0.29) is 17.7 Å². The molecular formula is C22H24N4O3. The lowest BCUT2D eigenvalue weighted by atomic mass is 10.1. The molecular weight excluding hydrogens is 368 g/mol. The lowest BCUT2D eigenvalue weighted by Crippen LogP contribution is -2.35. The molecule has 0 radical (unpaired) electrons. The molecule has 0 atom stereocenters. The summed E-state index contributed by atoms with van der Waals surface area (Å²) < 4.78 is 0. The number of nitrogens with zero attached hydrogens (tertiary/aromatic N) is 2. The number of aldehydes is 1. The summed E-state index contributed by atoms with van der Waals surface area (Å²) in [4.78, 5) is 30.1. The Labute approximate surface area is 169 Å². The Morgan fingerprint density at radius 2 is 1.76 bits per heavy atom. The zero-order valence-electron chi connectivity index (χ0n) is 16.0. The van der Waals surface area contributed by atoms with Crippen molar-refractivity contribution in [3.8, 4) is 0 Å². The Morgan fingerprint density at radius 1 is 1.10 bits per heavy atom. The highest BCUT2D eigenvalue weighted by Crippen LogP contribution is 2.21. The normalized spacial score (nSPS) is 15.8. The van der Waals surface area contributed by atoms with Crippen LogP contribution in [0.25, 0.3) is 5.57 Å². The van der Waals surface area contributed by atoms with Crippen molar-refractivity contribution in [1.82, 2.24) is 10.3 Å². The summed E-state index contributed by atoms with van der Waals surface area (Å²) in [7, 11) is 0. The smallest absolute Gasteiger partial charge is 0.255 e. The third-order valence-electron chi connectivity index (χ3n) is 4.85. The van der Waals surface area contributed by atoms with Gasteiger partial charge in [0.15, 0.2) is 6.29 Å². The van der Waals surface area contributed by atoms with E-state index in [0.29, 0.717) is 17.4 Å². The van der Waals surface area contributed by atoms with Crippen molar-refractivity contribution in [2.24, 2.45) is 5.73 Å². The summed E-state index contributed by atoms with van der Waals surface area (Å²) in [5.74, 6) is -0.380. The summed E-state index contributed by atoms with van der Waals surface area (Å²) in [5.41, 5.74) is 8.61. The number of carbonyl (C=O) groups excluding carboxylic acids is 2. The number of nitrogens with two attached hydrogens (primary N) is 1. The SMILES string of the molecule is N/C=C(\C=C(/C=O)NC(=O)c1ccc(N2CCC(O)CC2)cc1)c1ccncc1. The number of benzene rings is 1. The maximum absolute atomic E-state index is 12.5. The molecule has 0 bridgehead atoms. The van der Waals surface area contributed by atoms with Gasteiger partial charge >= 0.3 is 0 Å². The molecule has 4 N–H and O–H groups in total. The van der Waals surface area contributed by atoms with Gasteiger partial charge in [0.05, 0.1) is 11.8 Å². The summed E-state index contributed by atoms with van der Waals surface area (Å²) in [6.07, 6.45) is 7.96. The highest BCUT2D eigenvalue weighted by Gasteiger charge is 2.17.